The molecule has 1 heterocycles. The summed E-state index contributed by atoms with van der Waals surface area (Å²) in [6.45, 7) is 5.05. The molecular formula is C8H15NO3. The monoisotopic (exact) mass is 173 g/mol. The highest BCUT2D eigenvalue weighted by molar-refractivity contribution is 5.72. The van der Waals surface area contributed by atoms with Crippen LogP contribution in [0.25, 0.3) is 0 Å². The van der Waals surface area contributed by atoms with Crippen molar-refractivity contribution in [1.82, 2.24) is 4.90 Å². The molecule has 0 amide bonds. The Labute approximate surface area is 72.1 Å². The van der Waals surface area contributed by atoms with E-state index >= 15 is 0 Å². The Hall–Kier alpha value is -0.610. The molecule has 1 rings (SSSR count). The molecule has 4 heteroatoms. The Morgan fingerprint density at radius 2 is 2.25 bits per heavy atom. The van der Waals surface area contributed by atoms with Crippen LogP contribution in [-0.4, -0.2) is 47.8 Å². The summed E-state index contributed by atoms with van der Waals surface area (Å²) in [4.78, 5) is 12.6. The first-order valence-electron chi connectivity index (χ1n) is 4.00. The molecule has 0 aromatic heterocycles. The van der Waals surface area contributed by atoms with Crippen LogP contribution in [0.4, 0.5) is 0 Å². The average Bonchev–Trinajstić information content (AvgIpc) is 1.82. The lowest BCUT2D eigenvalue weighted by atomic mass is 10.1. The SMILES string of the molecule is CN1CC(C(=O)O)OC(C)(C)C1. The topological polar surface area (TPSA) is 49.8 Å². The molecule has 1 unspecified atom stereocenters. The average molecular weight is 173 g/mol. The van der Waals surface area contributed by atoms with Crippen molar-refractivity contribution in [1.29, 1.82) is 0 Å². The maximum atomic E-state index is 10.6. The van der Waals surface area contributed by atoms with Crippen molar-refractivity contribution in [2.45, 2.75) is 25.6 Å². The molecule has 1 N–H and O–H groups in total. The Bertz CT molecular complexity index is 191. The lowest BCUT2D eigenvalue weighted by Gasteiger charge is -2.39. The lowest BCUT2D eigenvalue weighted by Crippen LogP contribution is -2.53. The van der Waals surface area contributed by atoms with E-state index in [-0.39, 0.29) is 5.60 Å². The summed E-state index contributed by atoms with van der Waals surface area (Å²) in [5.41, 5.74) is -0.351. The molecule has 0 spiro atoms. The van der Waals surface area contributed by atoms with Gasteiger partial charge in [0.15, 0.2) is 6.10 Å². The van der Waals surface area contributed by atoms with Gasteiger partial charge in [-0.2, -0.15) is 0 Å². The fraction of sp³-hybridized carbons (Fsp3) is 0.875. The van der Waals surface area contributed by atoms with E-state index in [1.807, 2.05) is 25.8 Å². The third-order valence-electron chi connectivity index (χ3n) is 1.86. The molecule has 1 atom stereocenters. The highest BCUT2D eigenvalue weighted by atomic mass is 16.5. The predicted molar refractivity (Wildman–Crippen MR) is 44.1 cm³/mol. The number of aliphatic carboxylic acids is 1. The Morgan fingerprint density at radius 3 is 2.67 bits per heavy atom. The van der Waals surface area contributed by atoms with Gasteiger partial charge in [-0.25, -0.2) is 4.79 Å². The summed E-state index contributed by atoms with van der Waals surface area (Å²) in [5, 5.41) is 8.74. The van der Waals surface area contributed by atoms with Crippen LogP contribution in [0.5, 0.6) is 0 Å². The largest absolute Gasteiger partial charge is 0.479 e. The van der Waals surface area contributed by atoms with Gasteiger partial charge in [-0.3, -0.25) is 0 Å². The minimum Gasteiger partial charge on any atom is -0.479 e. The number of rotatable bonds is 1. The van der Waals surface area contributed by atoms with Crippen molar-refractivity contribution in [2.24, 2.45) is 0 Å². The molecule has 70 valence electrons. The van der Waals surface area contributed by atoms with Crippen LogP contribution in [0.2, 0.25) is 0 Å². The van der Waals surface area contributed by atoms with Crippen molar-refractivity contribution in [2.75, 3.05) is 20.1 Å². The molecule has 1 saturated heterocycles. The summed E-state index contributed by atoms with van der Waals surface area (Å²) in [6.07, 6.45) is -0.682. The number of nitrogens with zero attached hydrogens (tertiary/aromatic N) is 1. The normalized spacial score (nSPS) is 30.1. The number of morpholine rings is 1. The maximum absolute atomic E-state index is 10.6. The number of hydrogen-bond donors (Lipinski definition) is 1. The van der Waals surface area contributed by atoms with E-state index < -0.39 is 12.1 Å². The number of likely N-dealkylation sites (N-methyl/N-ethyl adjacent to an activating group) is 1. The van der Waals surface area contributed by atoms with Gasteiger partial charge < -0.3 is 14.7 Å². The first kappa shape index (κ1) is 9.48. The van der Waals surface area contributed by atoms with Crippen LogP contribution in [-0.2, 0) is 9.53 Å². The van der Waals surface area contributed by atoms with Gasteiger partial charge in [-0.1, -0.05) is 0 Å². The molecule has 1 aliphatic rings. The van der Waals surface area contributed by atoms with Crippen molar-refractivity contribution in [3.8, 4) is 0 Å². The van der Waals surface area contributed by atoms with Gasteiger partial charge in [0.05, 0.1) is 5.60 Å². The molecule has 1 fully saturated rings. The lowest BCUT2D eigenvalue weighted by molar-refractivity contribution is -0.176. The Kier molecular flexibility index (Phi) is 2.39. The Balaban J connectivity index is 2.64. The van der Waals surface area contributed by atoms with E-state index in [0.29, 0.717) is 6.54 Å². The van der Waals surface area contributed by atoms with Crippen molar-refractivity contribution >= 4 is 5.97 Å². The molecular weight excluding hydrogens is 158 g/mol. The number of ether oxygens (including phenoxy) is 1. The van der Waals surface area contributed by atoms with Crippen LogP contribution < -0.4 is 0 Å². The fourth-order valence-corrected chi connectivity index (χ4v) is 1.59. The Morgan fingerprint density at radius 1 is 1.67 bits per heavy atom. The summed E-state index contributed by atoms with van der Waals surface area (Å²) < 4.78 is 5.36. The van der Waals surface area contributed by atoms with Gasteiger partial charge in [0, 0.05) is 13.1 Å². The summed E-state index contributed by atoms with van der Waals surface area (Å²) in [6, 6.07) is 0. The number of carboxylic acids is 1. The highest BCUT2D eigenvalue weighted by Gasteiger charge is 2.35. The second-order valence-electron chi connectivity index (χ2n) is 3.90. The van der Waals surface area contributed by atoms with Crippen molar-refractivity contribution in [3.63, 3.8) is 0 Å². The minimum absolute atomic E-state index is 0.351. The number of hydrogen-bond acceptors (Lipinski definition) is 3. The van der Waals surface area contributed by atoms with E-state index in [1.165, 1.54) is 0 Å². The van der Waals surface area contributed by atoms with Gasteiger partial charge in [0.25, 0.3) is 0 Å². The third kappa shape index (κ3) is 2.19. The van der Waals surface area contributed by atoms with Crippen LogP contribution in [0.1, 0.15) is 13.8 Å². The molecule has 1 aliphatic heterocycles. The van der Waals surface area contributed by atoms with E-state index in [4.69, 9.17) is 9.84 Å². The van der Waals surface area contributed by atoms with Crippen LogP contribution >= 0.6 is 0 Å². The van der Waals surface area contributed by atoms with Crippen LogP contribution in [0.3, 0.4) is 0 Å². The van der Waals surface area contributed by atoms with Gasteiger partial charge >= 0.3 is 5.97 Å². The summed E-state index contributed by atoms with van der Waals surface area (Å²) >= 11 is 0. The fourth-order valence-electron chi connectivity index (χ4n) is 1.59. The quantitative estimate of drug-likeness (QED) is 0.614. The van der Waals surface area contributed by atoms with Gasteiger partial charge in [0.1, 0.15) is 0 Å². The van der Waals surface area contributed by atoms with Crippen LogP contribution in [0.15, 0.2) is 0 Å². The second-order valence-corrected chi connectivity index (χ2v) is 3.90. The van der Waals surface area contributed by atoms with E-state index in [1.54, 1.807) is 0 Å². The van der Waals surface area contributed by atoms with E-state index in [9.17, 15) is 4.79 Å². The maximum Gasteiger partial charge on any atom is 0.334 e. The van der Waals surface area contributed by atoms with E-state index in [0.717, 1.165) is 6.54 Å². The van der Waals surface area contributed by atoms with Gasteiger partial charge in [0.2, 0.25) is 0 Å². The first-order chi connectivity index (χ1) is 5.41. The van der Waals surface area contributed by atoms with Crippen LogP contribution in [0, 0.1) is 0 Å². The van der Waals surface area contributed by atoms with Crippen molar-refractivity contribution < 1.29 is 14.6 Å². The molecule has 0 aromatic carbocycles. The van der Waals surface area contributed by atoms with Gasteiger partial charge in [-0.15, -0.1) is 0 Å². The number of carboxylic acid groups (broad SMARTS) is 1. The highest BCUT2D eigenvalue weighted by Crippen LogP contribution is 2.19. The molecule has 0 saturated carbocycles. The third-order valence-corrected chi connectivity index (χ3v) is 1.86. The zero-order chi connectivity index (χ0) is 9.35. The second kappa shape index (κ2) is 3.03. The zero-order valence-electron chi connectivity index (χ0n) is 7.70. The molecule has 12 heavy (non-hydrogen) atoms. The minimum atomic E-state index is -0.880. The molecule has 0 aliphatic carbocycles. The van der Waals surface area contributed by atoms with E-state index in [2.05, 4.69) is 0 Å². The van der Waals surface area contributed by atoms with Crippen molar-refractivity contribution in [3.05, 3.63) is 0 Å². The first-order valence-corrected chi connectivity index (χ1v) is 4.00. The standard InChI is InChI=1S/C8H15NO3/c1-8(2)5-9(3)4-6(12-8)7(10)11/h6H,4-5H2,1-3H3,(H,10,11). The smallest absolute Gasteiger partial charge is 0.334 e. The van der Waals surface area contributed by atoms with Gasteiger partial charge in [-0.05, 0) is 20.9 Å². The summed E-state index contributed by atoms with van der Waals surface area (Å²) in [7, 11) is 1.90. The molecule has 0 aromatic rings. The molecule has 0 bridgehead atoms. The zero-order valence-corrected chi connectivity index (χ0v) is 7.70. The molecule has 4 nitrogen and oxygen atoms in total. The predicted octanol–water partition coefficient (Wildman–Crippen LogP) is 0.180. The molecule has 0 radical (unpaired) electrons. The summed E-state index contributed by atoms with van der Waals surface area (Å²) in [5.74, 6) is -0.880. The number of carbonyl (C=O) groups is 1.